The smallest absolute Gasteiger partial charge is 0.333 e. The van der Waals surface area contributed by atoms with Crippen LogP contribution in [0.15, 0.2) is 36.6 Å². The molecule has 0 saturated carbocycles. The predicted octanol–water partition coefficient (Wildman–Crippen LogP) is -0.136. The zero-order chi connectivity index (χ0) is 26.4. The number of aliphatic hydroxyl groups is 2. The average molecular weight is 489 g/mol. The fraction of sp³-hybridized carbons (Fsp3) is 0.591. The SMILES string of the molecule is C=C(CNC)OOC(OC(=O)CCNC)C(O)C(OC(=O)C(=C)C)C(OC(=O)C(=C)C)C(C)O. The van der Waals surface area contributed by atoms with E-state index in [2.05, 4.69) is 30.4 Å². The molecule has 0 bridgehead atoms. The summed E-state index contributed by atoms with van der Waals surface area (Å²) in [6.45, 7) is 14.9. The van der Waals surface area contributed by atoms with E-state index in [-0.39, 0.29) is 36.4 Å². The lowest BCUT2D eigenvalue weighted by atomic mass is 10.0. The van der Waals surface area contributed by atoms with Crippen molar-refractivity contribution < 1.29 is 48.6 Å². The van der Waals surface area contributed by atoms with Crippen LogP contribution in [0.5, 0.6) is 0 Å². The molecule has 0 aromatic heterocycles. The first kappa shape index (κ1) is 31.2. The Labute approximate surface area is 199 Å². The van der Waals surface area contributed by atoms with Crippen LogP contribution in [0.3, 0.4) is 0 Å². The maximum atomic E-state index is 12.3. The van der Waals surface area contributed by atoms with Crippen molar-refractivity contribution in [2.75, 3.05) is 27.2 Å². The zero-order valence-electron chi connectivity index (χ0n) is 20.3. The summed E-state index contributed by atoms with van der Waals surface area (Å²) in [5, 5.41) is 26.8. The van der Waals surface area contributed by atoms with Crippen LogP contribution < -0.4 is 10.6 Å². The van der Waals surface area contributed by atoms with Crippen molar-refractivity contribution in [1.29, 1.82) is 0 Å². The number of hydrogen-bond donors (Lipinski definition) is 4. The number of rotatable bonds is 17. The molecule has 34 heavy (non-hydrogen) atoms. The molecule has 0 aliphatic rings. The summed E-state index contributed by atoms with van der Waals surface area (Å²) in [5.41, 5.74) is -0.0574. The topological polar surface area (TPSA) is 162 Å². The molecule has 12 nitrogen and oxygen atoms in total. The Hall–Kier alpha value is -2.77. The van der Waals surface area contributed by atoms with E-state index in [9.17, 15) is 24.6 Å². The highest BCUT2D eigenvalue weighted by molar-refractivity contribution is 5.88. The summed E-state index contributed by atoms with van der Waals surface area (Å²) in [6.07, 6.45) is -8.77. The van der Waals surface area contributed by atoms with Crippen LogP contribution in [0.2, 0.25) is 0 Å². The van der Waals surface area contributed by atoms with E-state index in [1.807, 2.05) is 0 Å². The molecule has 0 saturated heterocycles. The van der Waals surface area contributed by atoms with Crippen molar-refractivity contribution >= 4 is 17.9 Å². The summed E-state index contributed by atoms with van der Waals surface area (Å²) in [7, 11) is 3.24. The van der Waals surface area contributed by atoms with Gasteiger partial charge in [-0.05, 0) is 34.9 Å². The Morgan fingerprint density at radius 3 is 1.85 bits per heavy atom. The summed E-state index contributed by atoms with van der Waals surface area (Å²) in [6, 6.07) is 0. The highest BCUT2D eigenvalue weighted by atomic mass is 17.2. The Bertz CT molecular complexity index is 737. The average Bonchev–Trinajstić information content (AvgIpc) is 2.76. The van der Waals surface area contributed by atoms with E-state index < -0.39 is 48.6 Å². The maximum Gasteiger partial charge on any atom is 0.333 e. The second-order valence-corrected chi connectivity index (χ2v) is 7.49. The van der Waals surface area contributed by atoms with Gasteiger partial charge in [-0.1, -0.05) is 19.7 Å². The van der Waals surface area contributed by atoms with Crippen molar-refractivity contribution in [3.05, 3.63) is 36.6 Å². The molecule has 0 amide bonds. The predicted molar refractivity (Wildman–Crippen MR) is 121 cm³/mol. The molecule has 0 aromatic rings. The van der Waals surface area contributed by atoms with E-state index in [1.165, 1.54) is 20.8 Å². The highest BCUT2D eigenvalue weighted by Crippen LogP contribution is 2.21. The van der Waals surface area contributed by atoms with E-state index >= 15 is 0 Å². The molecule has 0 rings (SSSR count). The second-order valence-electron chi connectivity index (χ2n) is 7.49. The van der Waals surface area contributed by atoms with Crippen molar-refractivity contribution in [3.8, 4) is 0 Å². The van der Waals surface area contributed by atoms with Crippen molar-refractivity contribution in [2.24, 2.45) is 0 Å². The van der Waals surface area contributed by atoms with Crippen LogP contribution in [0.4, 0.5) is 0 Å². The highest BCUT2D eigenvalue weighted by Gasteiger charge is 2.44. The molecular weight excluding hydrogens is 452 g/mol. The molecule has 0 fully saturated rings. The maximum absolute atomic E-state index is 12.3. The molecule has 5 atom stereocenters. The first-order valence-corrected chi connectivity index (χ1v) is 10.4. The largest absolute Gasteiger partial charge is 0.452 e. The summed E-state index contributed by atoms with van der Waals surface area (Å²) in [5.74, 6) is -2.61. The van der Waals surface area contributed by atoms with Gasteiger partial charge in [0.25, 0.3) is 6.29 Å². The molecule has 4 N–H and O–H groups in total. The van der Waals surface area contributed by atoms with Gasteiger partial charge in [0.1, 0.15) is 5.76 Å². The Kier molecular flexibility index (Phi) is 14.7. The van der Waals surface area contributed by atoms with Crippen LogP contribution in [-0.2, 0) is 38.4 Å². The third-order valence-corrected chi connectivity index (χ3v) is 4.06. The molecule has 194 valence electrons. The molecule has 0 aliphatic carbocycles. The molecule has 0 radical (unpaired) electrons. The minimum Gasteiger partial charge on any atom is -0.452 e. The van der Waals surface area contributed by atoms with Crippen LogP contribution in [-0.4, -0.2) is 86.0 Å². The first-order chi connectivity index (χ1) is 15.8. The Morgan fingerprint density at radius 1 is 0.882 bits per heavy atom. The second kappa shape index (κ2) is 16.0. The van der Waals surface area contributed by atoms with Crippen LogP contribution in [0.1, 0.15) is 27.2 Å². The molecule has 12 heteroatoms. The molecule has 0 spiro atoms. The third-order valence-electron chi connectivity index (χ3n) is 4.06. The number of carbonyl (C=O) groups is 3. The number of hydrogen-bond acceptors (Lipinski definition) is 12. The quantitative estimate of drug-likeness (QED) is 0.0408. The lowest BCUT2D eigenvalue weighted by Gasteiger charge is -2.34. The molecule has 5 unspecified atom stereocenters. The normalized spacial score (nSPS) is 15.1. The van der Waals surface area contributed by atoms with Gasteiger partial charge < -0.3 is 39.9 Å². The molecule has 0 aliphatic heterocycles. The van der Waals surface area contributed by atoms with E-state index in [4.69, 9.17) is 24.0 Å². The van der Waals surface area contributed by atoms with Crippen LogP contribution >= 0.6 is 0 Å². The van der Waals surface area contributed by atoms with Crippen molar-refractivity contribution in [3.63, 3.8) is 0 Å². The van der Waals surface area contributed by atoms with Gasteiger partial charge in [0.05, 0.1) is 19.1 Å². The van der Waals surface area contributed by atoms with Crippen molar-refractivity contribution in [2.45, 2.75) is 57.9 Å². The fourth-order valence-electron chi connectivity index (χ4n) is 2.28. The molecular formula is C22H36N2O10. The summed E-state index contributed by atoms with van der Waals surface area (Å²) >= 11 is 0. The third kappa shape index (κ3) is 11.4. The van der Waals surface area contributed by atoms with Crippen LogP contribution in [0.25, 0.3) is 0 Å². The van der Waals surface area contributed by atoms with E-state index in [1.54, 1.807) is 14.1 Å². The monoisotopic (exact) mass is 488 g/mol. The number of nitrogens with one attached hydrogen (secondary N) is 2. The zero-order valence-corrected chi connectivity index (χ0v) is 20.3. The number of carbonyl (C=O) groups excluding carboxylic acids is 3. The Morgan fingerprint density at radius 2 is 1.41 bits per heavy atom. The van der Waals surface area contributed by atoms with E-state index in [0.29, 0.717) is 0 Å². The van der Waals surface area contributed by atoms with Crippen LogP contribution in [0, 0.1) is 0 Å². The number of likely N-dealkylation sites (N-methyl/N-ethyl adjacent to an activating group) is 1. The van der Waals surface area contributed by atoms with Gasteiger partial charge in [-0.15, -0.1) is 4.89 Å². The van der Waals surface area contributed by atoms with Gasteiger partial charge >= 0.3 is 17.9 Å². The lowest BCUT2D eigenvalue weighted by Crippen LogP contribution is -2.54. The number of ether oxygens (including phenoxy) is 3. The standard InChI is InChI=1S/C22H36N2O10/c1-12(2)20(28)31-18(15(6)25)19(32-21(29)13(3)4)17(27)22(30-16(26)9-10-23-7)34-33-14(5)11-24-8/h15,17-19,22-25,27H,1,3,5,9-11H2,2,4,6-8H3. The first-order valence-electron chi connectivity index (χ1n) is 10.4. The van der Waals surface area contributed by atoms with Crippen molar-refractivity contribution in [1.82, 2.24) is 10.6 Å². The van der Waals surface area contributed by atoms with Gasteiger partial charge in [0.2, 0.25) is 0 Å². The summed E-state index contributed by atoms with van der Waals surface area (Å²) < 4.78 is 15.6. The van der Waals surface area contributed by atoms with Gasteiger partial charge in [-0.25, -0.2) is 9.59 Å². The molecule has 0 heterocycles. The Balaban J connectivity index is 6.09. The fourth-order valence-corrected chi connectivity index (χ4v) is 2.28. The van der Waals surface area contributed by atoms with Gasteiger partial charge in [-0.2, -0.15) is 0 Å². The van der Waals surface area contributed by atoms with E-state index in [0.717, 1.165) is 0 Å². The van der Waals surface area contributed by atoms with Gasteiger partial charge in [0, 0.05) is 17.7 Å². The van der Waals surface area contributed by atoms with Gasteiger partial charge in [-0.3, -0.25) is 4.79 Å². The lowest BCUT2D eigenvalue weighted by molar-refractivity contribution is -0.373. The number of esters is 3. The molecule has 0 aromatic carbocycles. The summed E-state index contributed by atoms with van der Waals surface area (Å²) in [4.78, 5) is 46.6. The number of aliphatic hydroxyl groups excluding tert-OH is 2. The minimum absolute atomic E-state index is 0.0110. The van der Waals surface area contributed by atoms with Gasteiger partial charge in [0.15, 0.2) is 18.3 Å². The minimum atomic E-state index is -1.98.